The number of esters is 2. The summed E-state index contributed by atoms with van der Waals surface area (Å²) in [6, 6.07) is 8.35. The van der Waals surface area contributed by atoms with Crippen molar-refractivity contribution >= 4 is 35.2 Å². The first-order valence-corrected chi connectivity index (χ1v) is 10.7. The number of carbonyl (C=O) groups is 3. The summed E-state index contributed by atoms with van der Waals surface area (Å²) in [4.78, 5) is 64.1. The topological polar surface area (TPSA) is 140 Å². The number of anilines is 3. The second-order valence-corrected chi connectivity index (χ2v) is 7.96. The average molecular weight is 514 g/mol. The molecular weight excluding hydrogens is 491 g/mol. The lowest BCUT2D eigenvalue weighted by molar-refractivity contribution is -0.134. The second-order valence-electron chi connectivity index (χ2n) is 7.96. The summed E-state index contributed by atoms with van der Waals surface area (Å²) in [6.45, 7) is 2.22. The van der Waals surface area contributed by atoms with Gasteiger partial charge in [0.25, 0.3) is 5.56 Å². The molecule has 0 aliphatic heterocycles. The molecule has 0 unspecified atom stereocenters. The highest BCUT2D eigenvalue weighted by Crippen LogP contribution is 2.37. The second kappa shape index (κ2) is 10.4. The van der Waals surface area contributed by atoms with Crippen molar-refractivity contribution < 1.29 is 33.4 Å². The van der Waals surface area contributed by atoms with E-state index in [1.807, 2.05) is 0 Å². The number of carboxylic acid groups (broad SMARTS) is 1. The molecule has 12 nitrogen and oxygen atoms in total. The van der Waals surface area contributed by atoms with Crippen molar-refractivity contribution in [1.29, 1.82) is 0 Å². The van der Waals surface area contributed by atoms with Crippen LogP contribution in [-0.4, -0.2) is 46.4 Å². The number of ether oxygens (including phenoxy) is 2. The number of hydrogen-bond acceptors (Lipinski definition) is 8. The van der Waals surface area contributed by atoms with Gasteiger partial charge in [0.05, 0.1) is 11.4 Å². The lowest BCUT2D eigenvalue weighted by Crippen LogP contribution is -2.44. The Morgan fingerprint density at radius 3 is 2.00 bits per heavy atom. The van der Waals surface area contributed by atoms with Crippen LogP contribution in [0, 0.1) is 5.82 Å². The molecule has 194 valence electrons. The molecule has 1 heterocycles. The molecule has 1 N–H and O–H groups in total. The predicted octanol–water partition coefficient (Wildman–Crippen LogP) is 2.41. The van der Waals surface area contributed by atoms with Crippen LogP contribution in [0.5, 0.6) is 11.5 Å². The van der Waals surface area contributed by atoms with Gasteiger partial charge in [-0.05, 0) is 36.4 Å². The van der Waals surface area contributed by atoms with Gasteiger partial charge in [0.15, 0.2) is 17.2 Å². The molecule has 3 rings (SSSR count). The minimum atomic E-state index is -1.61. The first-order valence-electron chi connectivity index (χ1n) is 10.7. The quantitative estimate of drug-likeness (QED) is 0.388. The maximum absolute atomic E-state index is 13.6. The van der Waals surface area contributed by atoms with E-state index in [0.717, 1.165) is 36.6 Å². The maximum Gasteiger partial charge on any atom is 0.416 e. The molecule has 0 spiro atoms. The lowest BCUT2D eigenvalue weighted by Gasteiger charge is -2.28. The zero-order valence-electron chi connectivity index (χ0n) is 20.5. The number of amides is 1. The van der Waals surface area contributed by atoms with E-state index in [9.17, 15) is 33.5 Å². The van der Waals surface area contributed by atoms with Crippen molar-refractivity contribution in [2.24, 2.45) is 7.05 Å². The van der Waals surface area contributed by atoms with Gasteiger partial charge in [-0.1, -0.05) is 0 Å². The molecule has 0 saturated carbocycles. The molecule has 0 aliphatic rings. The highest BCUT2D eigenvalue weighted by Gasteiger charge is 2.30. The summed E-state index contributed by atoms with van der Waals surface area (Å²) in [6.07, 6.45) is -1.61. The Labute approximate surface area is 209 Å². The van der Waals surface area contributed by atoms with E-state index < -0.39 is 40.8 Å². The minimum absolute atomic E-state index is 0.125. The SMILES string of the molecule is CC(=O)Oc1ccc(N(C(=O)O)c2c(N(C)C)n(-c3ccc(F)cc3)c(=O)n(C)c2=O)cc1OC(C)=O. The van der Waals surface area contributed by atoms with Crippen LogP contribution in [-0.2, 0) is 16.6 Å². The summed E-state index contributed by atoms with van der Waals surface area (Å²) >= 11 is 0. The van der Waals surface area contributed by atoms with Gasteiger partial charge in [0.2, 0.25) is 0 Å². The summed E-state index contributed by atoms with van der Waals surface area (Å²) in [5, 5.41) is 10.2. The summed E-state index contributed by atoms with van der Waals surface area (Å²) in [5.74, 6) is -2.62. The first-order chi connectivity index (χ1) is 17.3. The average Bonchev–Trinajstić information content (AvgIpc) is 2.80. The van der Waals surface area contributed by atoms with Crippen molar-refractivity contribution in [2.45, 2.75) is 13.8 Å². The summed E-state index contributed by atoms with van der Waals surface area (Å²) in [7, 11) is 4.15. The maximum atomic E-state index is 13.6. The van der Waals surface area contributed by atoms with Crippen LogP contribution < -0.4 is 30.5 Å². The highest BCUT2D eigenvalue weighted by atomic mass is 19.1. The zero-order valence-corrected chi connectivity index (χ0v) is 20.5. The van der Waals surface area contributed by atoms with Gasteiger partial charge in [0, 0.05) is 41.1 Å². The molecule has 0 saturated heterocycles. The van der Waals surface area contributed by atoms with Crippen LogP contribution in [0.3, 0.4) is 0 Å². The first kappa shape index (κ1) is 26.7. The van der Waals surface area contributed by atoms with E-state index in [1.165, 1.54) is 50.3 Å². The van der Waals surface area contributed by atoms with Crippen molar-refractivity contribution in [1.82, 2.24) is 9.13 Å². The van der Waals surface area contributed by atoms with E-state index in [2.05, 4.69) is 0 Å². The number of hydrogen-bond donors (Lipinski definition) is 1. The summed E-state index contributed by atoms with van der Waals surface area (Å²) < 4.78 is 25.5. The Morgan fingerprint density at radius 1 is 0.919 bits per heavy atom. The molecule has 2 aromatic carbocycles. The van der Waals surface area contributed by atoms with Gasteiger partial charge >= 0.3 is 23.7 Å². The van der Waals surface area contributed by atoms with E-state index in [1.54, 1.807) is 0 Å². The normalized spacial score (nSPS) is 10.5. The van der Waals surface area contributed by atoms with Crippen LogP contribution in [0.1, 0.15) is 13.8 Å². The van der Waals surface area contributed by atoms with Gasteiger partial charge in [-0.15, -0.1) is 0 Å². The molecule has 37 heavy (non-hydrogen) atoms. The van der Waals surface area contributed by atoms with Crippen LogP contribution in [0.25, 0.3) is 5.69 Å². The number of aromatic nitrogens is 2. The number of carbonyl (C=O) groups excluding carboxylic acids is 2. The van der Waals surface area contributed by atoms with E-state index in [0.29, 0.717) is 9.47 Å². The van der Waals surface area contributed by atoms with Gasteiger partial charge in [-0.25, -0.2) is 23.4 Å². The van der Waals surface area contributed by atoms with Gasteiger partial charge in [0.1, 0.15) is 11.6 Å². The fraction of sp³-hybridized carbons (Fsp3) is 0.208. The molecule has 0 bridgehead atoms. The van der Waals surface area contributed by atoms with Gasteiger partial charge in [-0.2, -0.15) is 0 Å². The monoisotopic (exact) mass is 514 g/mol. The predicted molar refractivity (Wildman–Crippen MR) is 131 cm³/mol. The largest absolute Gasteiger partial charge is 0.464 e. The Balaban J connectivity index is 2.40. The molecule has 0 fully saturated rings. The molecule has 3 aromatic rings. The van der Waals surface area contributed by atoms with Crippen molar-refractivity contribution in [3.05, 3.63) is 69.1 Å². The fourth-order valence-electron chi connectivity index (χ4n) is 3.56. The Bertz CT molecular complexity index is 1510. The number of halogens is 1. The fourth-order valence-corrected chi connectivity index (χ4v) is 3.56. The minimum Gasteiger partial charge on any atom is -0.464 e. The Morgan fingerprint density at radius 2 is 1.49 bits per heavy atom. The molecule has 1 aromatic heterocycles. The number of rotatable bonds is 6. The smallest absolute Gasteiger partial charge is 0.416 e. The van der Waals surface area contributed by atoms with Gasteiger partial charge < -0.3 is 19.5 Å². The van der Waals surface area contributed by atoms with E-state index in [4.69, 9.17) is 9.47 Å². The highest BCUT2D eigenvalue weighted by molar-refractivity contribution is 5.98. The third kappa shape index (κ3) is 5.34. The third-order valence-corrected chi connectivity index (χ3v) is 5.03. The van der Waals surface area contributed by atoms with E-state index in [-0.39, 0.29) is 28.7 Å². The number of nitrogens with zero attached hydrogens (tertiary/aromatic N) is 4. The van der Waals surface area contributed by atoms with Crippen LogP contribution in [0.4, 0.5) is 26.4 Å². The molecule has 1 amide bonds. The Hall–Kier alpha value is -4.94. The third-order valence-electron chi connectivity index (χ3n) is 5.03. The van der Waals surface area contributed by atoms with Crippen molar-refractivity contribution in [3.63, 3.8) is 0 Å². The van der Waals surface area contributed by atoms with Crippen LogP contribution in [0.15, 0.2) is 52.1 Å². The summed E-state index contributed by atoms with van der Waals surface area (Å²) in [5.41, 5.74) is -2.20. The number of benzene rings is 2. The zero-order chi connectivity index (χ0) is 27.6. The van der Waals surface area contributed by atoms with Crippen molar-refractivity contribution in [2.75, 3.05) is 23.9 Å². The Kier molecular flexibility index (Phi) is 7.46. The lowest BCUT2D eigenvalue weighted by atomic mass is 10.2. The molecular formula is C24H23FN4O8. The van der Waals surface area contributed by atoms with E-state index >= 15 is 0 Å². The van der Waals surface area contributed by atoms with Crippen LogP contribution >= 0.6 is 0 Å². The standard InChI is InChI=1S/C24H23FN4O8/c1-13(30)36-18-11-10-17(12-19(18)37-14(2)31)28(24(34)35)20-21(26(3)4)29(23(33)27(5)22(20)32)16-8-6-15(25)7-9-16/h6-12H,1-5H3,(H,34,35). The van der Waals surface area contributed by atoms with Crippen LogP contribution in [0.2, 0.25) is 0 Å². The van der Waals surface area contributed by atoms with Crippen molar-refractivity contribution in [3.8, 4) is 17.2 Å². The molecule has 0 aliphatic carbocycles. The molecule has 0 radical (unpaired) electrons. The van der Waals surface area contributed by atoms with Gasteiger partial charge in [-0.3, -0.25) is 19.0 Å². The molecule has 0 atom stereocenters. The molecule has 13 heteroatoms.